The fraction of sp³-hybridized carbons (Fsp3) is 0.588. The molecule has 1 aromatic rings. The van der Waals surface area contributed by atoms with E-state index in [4.69, 9.17) is 0 Å². The average Bonchev–Trinajstić information content (AvgIpc) is 2.39. The molecule has 0 fully saturated rings. The van der Waals surface area contributed by atoms with Crippen molar-refractivity contribution in [3.63, 3.8) is 0 Å². The lowest BCUT2D eigenvalue weighted by molar-refractivity contribution is 0.0933. The first-order chi connectivity index (χ1) is 9.35. The smallest absolute Gasteiger partial charge is 0.251 e. The van der Waals surface area contributed by atoms with Gasteiger partial charge >= 0.3 is 0 Å². The summed E-state index contributed by atoms with van der Waals surface area (Å²) < 4.78 is 0. The quantitative estimate of drug-likeness (QED) is 0.739. The van der Waals surface area contributed by atoms with E-state index >= 15 is 0 Å². The van der Waals surface area contributed by atoms with Crippen molar-refractivity contribution in [2.24, 2.45) is 5.41 Å². The van der Waals surface area contributed by atoms with Crippen LogP contribution in [0.3, 0.4) is 0 Å². The third kappa shape index (κ3) is 5.24. The molecule has 0 aliphatic carbocycles. The number of hydrogen-bond acceptors (Lipinski definition) is 2. The third-order valence-corrected chi connectivity index (χ3v) is 3.66. The van der Waals surface area contributed by atoms with E-state index in [1.54, 1.807) is 12.1 Å². The van der Waals surface area contributed by atoms with Crippen LogP contribution in [0.1, 0.15) is 62.4 Å². The van der Waals surface area contributed by atoms with E-state index in [9.17, 15) is 9.90 Å². The molecule has 0 saturated carbocycles. The molecule has 0 aliphatic rings. The molecule has 0 radical (unpaired) electrons. The van der Waals surface area contributed by atoms with Crippen LogP contribution in [0.5, 0.6) is 5.75 Å². The molecule has 112 valence electrons. The van der Waals surface area contributed by atoms with Gasteiger partial charge in [-0.2, -0.15) is 0 Å². The normalized spacial score (nSPS) is 11.4. The summed E-state index contributed by atoms with van der Waals surface area (Å²) in [6.07, 6.45) is 4.76. The highest BCUT2D eigenvalue weighted by Crippen LogP contribution is 2.23. The second kappa shape index (κ2) is 7.32. The summed E-state index contributed by atoms with van der Waals surface area (Å²) in [6, 6.07) is 5.03. The van der Waals surface area contributed by atoms with E-state index < -0.39 is 0 Å². The van der Waals surface area contributed by atoms with Crippen LogP contribution < -0.4 is 5.32 Å². The molecule has 1 rings (SSSR count). The van der Waals surface area contributed by atoms with Crippen molar-refractivity contribution >= 4 is 5.91 Å². The molecule has 1 aromatic carbocycles. The number of carbonyl (C=O) groups excluding carboxylic acids is 1. The Morgan fingerprint density at radius 1 is 1.30 bits per heavy atom. The van der Waals surface area contributed by atoms with Gasteiger partial charge in [0.2, 0.25) is 0 Å². The predicted octanol–water partition coefficient (Wildman–Crippen LogP) is 4.04. The number of nitrogens with one attached hydrogen (secondary N) is 1. The zero-order valence-electron chi connectivity index (χ0n) is 13.1. The minimum atomic E-state index is -0.121. The molecule has 0 aromatic heterocycles. The molecule has 1 amide bonds. The molecule has 0 saturated heterocycles. The van der Waals surface area contributed by atoms with Crippen LogP contribution in [-0.4, -0.2) is 17.6 Å². The highest BCUT2D eigenvalue weighted by molar-refractivity contribution is 5.94. The monoisotopic (exact) mass is 277 g/mol. The minimum absolute atomic E-state index is 0.109. The predicted molar refractivity (Wildman–Crippen MR) is 83.1 cm³/mol. The Morgan fingerprint density at radius 2 is 2.00 bits per heavy atom. The molecule has 0 bridgehead atoms. The fourth-order valence-electron chi connectivity index (χ4n) is 2.11. The van der Waals surface area contributed by atoms with Crippen LogP contribution in [0.2, 0.25) is 0 Å². The molecule has 20 heavy (non-hydrogen) atoms. The van der Waals surface area contributed by atoms with E-state index in [1.807, 2.05) is 6.92 Å². The van der Waals surface area contributed by atoms with Gasteiger partial charge in [0.1, 0.15) is 5.75 Å². The summed E-state index contributed by atoms with van der Waals surface area (Å²) in [4.78, 5) is 12.1. The molecule has 3 heteroatoms. The number of rotatable bonds is 7. The number of phenols is 1. The van der Waals surface area contributed by atoms with Crippen LogP contribution in [0.15, 0.2) is 18.2 Å². The highest BCUT2D eigenvalue weighted by Gasteiger charge is 2.19. The SMILES string of the molecule is CCCCCC(C)(C)CNC(=O)c1ccc(C)c(O)c1. The number of hydrogen-bond donors (Lipinski definition) is 2. The maximum atomic E-state index is 12.1. The first-order valence-electron chi connectivity index (χ1n) is 7.43. The van der Waals surface area contributed by atoms with E-state index in [0.29, 0.717) is 12.1 Å². The largest absolute Gasteiger partial charge is 0.508 e. The summed E-state index contributed by atoms with van der Waals surface area (Å²) in [6.45, 7) is 9.02. The first-order valence-corrected chi connectivity index (χ1v) is 7.43. The van der Waals surface area contributed by atoms with E-state index in [1.165, 1.54) is 25.3 Å². The molecular formula is C17H27NO2. The van der Waals surface area contributed by atoms with Gasteiger partial charge in [0, 0.05) is 12.1 Å². The Labute approximate surface area is 122 Å². The Balaban J connectivity index is 2.51. The Morgan fingerprint density at radius 3 is 2.60 bits per heavy atom. The van der Waals surface area contributed by atoms with Crippen molar-refractivity contribution in [3.05, 3.63) is 29.3 Å². The topological polar surface area (TPSA) is 49.3 Å². The zero-order chi connectivity index (χ0) is 15.2. The number of unbranched alkanes of at least 4 members (excludes halogenated alkanes) is 2. The van der Waals surface area contributed by atoms with E-state index in [2.05, 4.69) is 26.1 Å². The number of carbonyl (C=O) groups is 1. The van der Waals surface area contributed by atoms with Crippen LogP contribution in [-0.2, 0) is 0 Å². The lowest BCUT2D eigenvalue weighted by Gasteiger charge is -2.25. The van der Waals surface area contributed by atoms with Crippen LogP contribution in [0, 0.1) is 12.3 Å². The van der Waals surface area contributed by atoms with Crippen LogP contribution >= 0.6 is 0 Å². The van der Waals surface area contributed by atoms with Crippen molar-refractivity contribution < 1.29 is 9.90 Å². The summed E-state index contributed by atoms with van der Waals surface area (Å²) in [5, 5.41) is 12.6. The summed E-state index contributed by atoms with van der Waals surface area (Å²) in [7, 11) is 0. The maximum absolute atomic E-state index is 12.1. The van der Waals surface area contributed by atoms with Crippen LogP contribution in [0.4, 0.5) is 0 Å². The van der Waals surface area contributed by atoms with Gasteiger partial charge in [0.05, 0.1) is 0 Å². The maximum Gasteiger partial charge on any atom is 0.251 e. The molecule has 0 aliphatic heterocycles. The van der Waals surface area contributed by atoms with Crippen molar-refractivity contribution in [1.82, 2.24) is 5.32 Å². The van der Waals surface area contributed by atoms with E-state index in [0.717, 1.165) is 12.0 Å². The summed E-state index contributed by atoms with van der Waals surface area (Å²) >= 11 is 0. The Hall–Kier alpha value is -1.51. The molecule has 2 N–H and O–H groups in total. The fourth-order valence-corrected chi connectivity index (χ4v) is 2.11. The van der Waals surface area contributed by atoms with Crippen LogP contribution in [0.25, 0.3) is 0 Å². The molecule has 0 atom stereocenters. The molecular weight excluding hydrogens is 250 g/mol. The molecule has 0 spiro atoms. The standard InChI is InChI=1S/C17H27NO2/c1-5-6-7-10-17(3,4)12-18-16(20)14-9-8-13(2)15(19)11-14/h8-9,11,19H,5-7,10,12H2,1-4H3,(H,18,20). The minimum Gasteiger partial charge on any atom is -0.508 e. The van der Waals surface area contributed by atoms with Gasteiger partial charge in [-0.1, -0.05) is 46.1 Å². The van der Waals surface area contributed by atoms with Gasteiger partial charge in [-0.25, -0.2) is 0 Å². The van der Waals surface area contributed by atoms with Gasteiger partial charge in [-0.3, -0.25) is 4.79 Å². The van der Waals surface area contributed by atoms with Gasteiger partial charge in [0.25, 0.3) is 5.91 Å². The number of benzene rings is 1. The average molecular weight is 277 g/mol. The van der Waals surface area contributed by atoms with Crippen molar-refractivity contribution in [2.45, 2.75) is 53.4 Å². The third-order valence-electron chi connectivity index (χ3n) is 3.66. The number of phenolic OH excluding ortho intramolecular Hbond substituents is 1. The lowest BCUT2D eigenvalue weighted by atomic mass is 9.87. The second-order valence-corrected chi connectivity index (χ2v) is 6.31. The Kier molecular flexibility index (Phi) is 6.05. The number of amides is 1. The first kappa shape index (κ1) is 16.5. The van der Waals surface area contributed by atoms with Gasteiger partial charge in [0.15, 0.2) is 0 Å². The number of aromatic hydroxyl groups is 1. The number of aryl methyl sites for hydroxylation is 1. The highest BCUT2D eigenvalue weighted by atomic mass is 16.3. The lowest BCUT2D eigenvalue weighted by Crippen LogP contribution is -2.34. The van der Waals surface area contributed by atoms with Crippen molar-refractivity contribution in [2.75, 3.05) is 6.54 Å². The van der Waals surface area contributed by atoms with Gasteiger partial charge < -0.3 is 10.4 Å². The summed E-state index contributed by atoms with van der Waals surface area (Å²) in [5.74, 6) is 0.0451. The zero-order valence-corrected chi connectivity index (χ0v) is 13.1. The van der Waals surface area contributed by atoms with Gasteiger partial charge in [-0.15, -0.1) is 0 Å². The Bertz CT molecular complexity index is 452. The molecule has 3 nitrogen and oxygen atoms in total. The van der Waals surface area contributed by atoms with Crippen molar-refractivity contribution in [1.29, 1.82) is 0 Å². The van der Waals surface area contributed by atoms with Gasteiger partial charge in [-0.05, 0) is 36.5 Å². The molecule has 0 unspecified atom stereocenters. The summed E-state index contributed by atoms with van der Waals surface area (Å²) in [5.41, 5.74) is 1.40. The molecule has 0 heterocycles. The van der Waals surface area contributed by atoms with Crippen molar-refractivity contribution in [3.8, 4) is 5.75 Å². The second-order valence-electron chi connectivity index (χ2n) is 6.31. The van der Waals surface area contributed by atoms with E-state index in [-0.39, 0.29) is 17.1 Å².